The van der Waals surface area contributed by atoms with Crippen molar-refractivity contribution >= 4 is 12.1 Å². The maximum Gasteiger partial charge on any atom is 0.193 e. The molecule has 0 aliphatic carbocycles. The summed E-state index contributed by atoms with van der Waals surface area (Å²) in [5.41, 5.74) is 1.08. The number of ketones is 1. The van der Waals surface area contributed by atoms with Crippen LogP contribution in [0, 0.1) is 0 Å². The first-order valence-corrected chi connectivity index (χ1v) is 5.10. The summed E-state index contributed by atoms with van der Waals surface area (Å²) in [5.74, 6) is -0.361. The van der Waals surface area contributed by atoms with E-state index >= 15 is 0 Å². The molecular weight excluding hydrogens is 216 g/mol. The normalized spacial score (nSPS) is 9.88. The summed E-state index contributed by atoms with van der Waals surface area (Å²) in [6.07, 6.45) is 0.548. The summed E-state index contributed by atoms with van der Waals surface area (Å²) in [6, 6.07) is 13.0. The van der Waals surface area contributed by atoms with Crippen LogP contribution in [0.5, 0.6) is 5.75 Å². The van der Waals surface area contributed by atoms with E-state index in [9.17, 15) is 14.7 Å². The Hall–Kier alpha value is -2.42. The summed E-state index contributed by atoms with van der Waals surface area (Å²) in [6.45, 7) is 0. The highest BCUT2D eigenvalue weighted by molar-refractivity contribution is 6.09. The van der Waals surface area contributed by atoms with E-state index in [1.165, 1.54) is 18.2 Å². The molecule has 2 aromatic rings. The van der Waals surface area contributed by atoms with Crippen molar-refractivity contribution in [2.45, 2.75) is 0 Å². The van der Waals surface area contributed by atoms with Crippen LogP contribution in [0.1, 0.15) is 26.3 Å². The zero-order valence-electron chi connectivity index (χ0n) is 8.96. The van der Waals surface area contributed by atoms with Gasteiger partial charge in [0.05, 0.1) is 5.56 Å². The molecule has 0 aliphatic heterocycles. The highest BCUT2D eigenvalue weighted by atomic mass is 16.3. The summed E-state index contributed by atoms with van der Waals surface area (Å²) in [5, 5.41) is 9.50. The molecule has 2 aromatic carbocycles. The highest BCUT2D eigenvalue weighted by Gasteiger charge is 2.10. The summed E-state index contributed by atoms with van der Waals surface area (Å²) >= 11 is 0. The number of carbonyl (C=O) groups is 2. The average Bonchev–Trinajstić information content (AvgIpc) is 2.39. The van der Waals surface area contributed by atoms with Gasteiger partial charge in [-0.2, -0.15) is 0 Å². The Morgan fingerprint density at radius 2 is 1.71 bits per heavy atom. The molecule has 0 atom stereocenters. The Morgan fingerprint density at radius 3 is 2.29 bits per heavy atom. The van der Waals surface area contributed by atoms with E-state index < -0.39 is 0 Å². The van der Waals surface area contributed by atoms with Crippen LogP contribution >= 0.6 is 0 Å². The van der Waals surface area contributed by atoms with Gasteiger partial charge in [-0.05, 0) is 12.1 Å². The van der Waals surface area contributed by atoms with Crippen LogP contribution in [0.4, 0.5) is 0 Å². The summed E-state index contributed by atoms with van der Waals surface area (Å²) < 4.78 is 0. The predicted octanol–water partition coefficient (Wildman–Crippen LogP) is 2.44. The molecule has 0 radical (unpaired) electrons. The third-order valence-corrected chi connectivity index (χ3v) is 2.46. The van der Waals surface area contributed by atoms with E-state index in [4.69, 9.17) is 0 Å². The molecule has 0 aliphatic rings. The highest BCUT2D eigenvalue weighted by Crippen LogP contribution is 2.19. The van der Waals surface area contributed by atoms with Crippen LogP contribution in [0.2, 0.25) is 0 Å². The van der Waals surface area contributed by atoms with Crippen molar-refractivity contribution < 1.29 is 14.7 Å². The minimum atomic E-state index is -0.182. The maximum atomic E-state index is 12.0. The number of phenols is 1. The topological polar surface area (TPSA) is 54.4 Å². The molecule has 0 saturated heterocycles. The van der Waals surface area contributed by atoms with Crippen LogP contribution in [-0.4, -0.2) is 17.2 Å². The van der Waals surface area contributed by atoms with E-state index in [1.807, 2.05) is 6.07 Å². The van der Waals surface area contributed by atoms with Gasteiger partial charge in [0.2, 0.25) is 0 Å². The van der Waals surface area contributed by atoms with Gasteiger partial charge in [0.1, 0.15) is 5.75 Å². The smallest absolute Gasteiger partial charge is 0.193 e. The zero-order chi connectivity index (χ0) is 12.3. The van der Waals surface area contributed by atoms with Gasteiger partial charge < -0.3 is 5.11 Å². The third-order valence-electron chi connectivity index (χ3n) is 2.46. The van der Waals surface area contributed by atoms with Crippen LogP contribution in [0.25, 0.3) is 0 Å². The Labute approximate surface area is 98.3 Å². The monoisotopic (exact) mass is 226 g/mol. The van der Waals surface area contributed by atoms with Crippen molar-refractivity contribution in [3.63, 3.8) is 0 Å². The Kier molecular flexibility index (Phi) is 3.01. The molecule has 0 saturated carbocycles. The van der Waals surface area contributed by atoms with Crippen LogP contribution < -0.4 is 0 Å². The lowest BCUT2D eigenvalue weighted by Gasteiger charge is -2.03. The molecule has 0 unspecified atom stereocenters. The zero-order valence-corrected chi connectivity index (χ0v) is 8.96. The molecular formula is C14H10O3. The number of aldehydes is 1. The third kappa shape index (κ3) is 2.23. The molecule has 3 heteroatoms. The molecule has 0 fully saturated rings. The first kappa shape index (κ1) is 11.1. The summed E-state index contributed by atoms with van der Waals surface area (Å²) in [7, 11) is 0. The molecule has 1 N–H and O–H groups in total. The minimum absolute atomic E-state index is 0.176. The van der Waals surface area contributed by atoms with Gasteiger partial charge in [0, 0.05) is 11.1 Å². The second-order valence-electron chi connectivity index (χ2n) is 3.59. The van der Waals surface area contributed by atoms with Gasteiger partial charge >= 0.3 is 0 Å². The number of carbonyl (C=O) groups excluding carboxylic acids is 2. The van der Waals surface area contributed by atoms with E-state index in [2.05, 4.69) is 0 Å². The molecule has 0 aromatic heterocycles. The van der Waals surface area contributed by atoms with Crippen LogP contribution in [-0.2, 0) is 0 Å². The first-order valence-electron chi connectivity index (χ1n) is 5.10. The first-order chi connectivity index (χ1) is 8.22. The quantitative estimate of drug-likeness (QED) is 0.646. The second-order valence-corrected chi connectivity index (χ2v) is 3.59. The van der Waals surface area contributed by atoms with Crippen molar-refractivity contribution in [2.24, 2.45) is 0 Å². The fourth-order valence-corrected chi connectivity index (χ4v) is 1.54. The Balaban J connectivity index is 2.39. The lowest BCUT2D eigenvalue weighted by atomic mass is 10.0. The van der Waals surface area contributed by atoms with Crippen molar-refractivity contribution in [3.05, 3.63) is 65.2 Å². The molecule has 17 heavy (non-hydrogen) atoms. The van der Waals surface area contributed by atoms with E-state index in [-0.39, 0.29) is 17.1 Å². The van der Waals surface area contributed by atoms with Crippen molar-refractivity contribution in [3.8, 4) is 5.75 Å². The number of hydrogen-bond acceptors (Lipinski definition) is 3. The van der Waals surface area contributed by atoms with Gasteiger partial charge in [-0.15, -0.1) is 0 Å². The van der Waals surface area contributed by atoms with Gasteiger partial charge in [-0.25, -0.2) is 0 Å². The van der Waals surface area contributed by atoms with Crippen molar-refractivity contribution in [1.29, 1.82) is 0 Å². The number of rotatable bonds is 3. The van der Waals surface area contributed by atoms with E-state index in [0.717, 1.165) is 0 Å². The standard InChI is InChI=1S/C14H10O3/c15-9-12-7-6-11(8-13(12)16)14(17)10-4-2-1-3-5-10/h1-9,16H. The molecule has 2 rings (SSSR count). The molecule has 0 amide bonds. The van der Waals surface area contributed by atoms with Crippen LogP contribution in [0.15, 0.2) is 48.5 Å². The number of phenolic OH excluding ortho intramolecular Hbond substituents is 1. The van der Waals surface area contributed by atoms with Crippen LogP contribution in [0.3, 0.4) is 0 Å². The SMILES string of the molecule is O=Cc1ccc(C(=O)c2ccccc2)cc1O. The largest absolute Gasteiger partial charge is 0.507 e. The summed E-state index contributed by atoms with van der Waals surface area (Å²) in [4.78, 5) is 22.5. The Morgan fingerprint density at radius 1 is 1.00 bits per heavy atom. The van der Waals surface area contributed by atoms with E-state index in [1.54, 1.807) is 24.3 Å². The molecule has 3 nitrogen and oxygen atoms in total. The van der Waals surface area contributed by atoms with E-state index in [0.29, 0.717) is 17.4 Å². The lowest BCUT2D eigenvalue weighted by molar-refractivity contribution is 0.103. The Bertz CT molecular complexity index is 559. The number of benzene rings is 2. The molecule has 0 heterocycles. The lowest BCUT2D eigenvalue weighted by Crippen LogP contribution is -2.01. The van der Waals surface area contributed by atoms with Gasteiger partial charge in [-0.1, -0.05) is 36.4 Å². The average molecular weight is 226 g/mol. The second kappa shape index (κ2) is 4.61. The maximum absolute atomic E-state index is 12.0. The fraction of sp³-hybridized carbons (Fsp3) is 0. The van der Waals surface area contributed by atoms with Gasteiger partial charge in [-0.3, -0.25) is 9.59 Å². The van der Waals surface area contributed by atoms with Crippen molar-refractivity contribution in [1.82, 2.24) is 0 Å². The number of aromatic hydroxyl groups is 1. The van der Waals surface area contributed by atoms with Gasteiger partial charge in [0.25, 0.3) is 0 Å². The molecule has 0 spiro atoms. The van der Waals surface area contributed by atoms with Crippen molar-refractivity contribution in [2.75, 3.05) is 0 Å². The fourth-order valence-electron chi connectivity index (χ4n) is 1.54. The predicted molar refractivity (Wildman–Crippen MR) is 63.4 cm³/mol. The minimum Gasteiger partial charge on any atom is -0.507 e. The van der Waals surface area contributed by atoms with Gasteiger partial charge in [0.15, 0.2) is 12.1 Å². The molecule has 0 bridgehead atoms. The number of hydrogen-bond donors (Lipinski definition) is 1. The molecule has 84 valence electrons.